The number of fused-ring (bicyclic) bond motifs is 3. The van der Waals surface area contributed by atoms with E-state index in [9.17, 15) is 9.59 Å². The summed E-state index contributed by atoms with van der Waals surface area (Å²) in [6, 6.07) is 4.07. The van der Waals surface area contributed by atoms with E-state index in [2.05, 4.69) is 15.4 Å². The lowest BCUT2D eigenvalue weighted by molar-refractivity contribution is 0.0962. The molecule has 1 saturated carbocycles. The Morgan fingerprint density at radius 3 is 2.75 bits per heavy atom. The van der Waals surface area contributed by atoms with Crippen molar-refractivity contribution in [2.75, 3.05) is 7.05 Å². The van der Waals surface area contributed by atoms with Crippen molar-refractivity contribution in [2.24, 2.45) is 0 Å². The molecule has 1 aromatic carbocycles. The summed E-state index contributed by atoms with van der Waals surface area (Å²) in [6.45, 7) is 1.88. The van der Waals surface area contributed by atoms with Crippen LogP contribution >= 0.6 is 0 Å². The number of H-pyrrole nitrogens is 1. The first-order valence-corrected chi connectivity index (χ1v) is 8.36. The van der Waals surface area contributed by atoms with Crippen molar-refractivity contribution in [1.29, 1.82) is 0 Å². The molecule has 4 rings (SSSR count). The Kier molecular flexibility index (Phi) is 3.40. The Hall–Kier alpha value is -2.63. The van der Waals surface area contributed by atoms with E-state index < -0.39 is 0 Å². The van der Waals surface area contributed by atoms with Crippen molar-refractivity contribution in [1.82, 2.24) is 20.1 Å². The van der Waals surface area contributed by atoms with Crippen LogP contribution in [0.1, 0.15) is 47.6 Å². The van der Waals surface area contributed by atoms with Crippen LogP contribution in [-0.2, 0) is 0 Å². The van der Waals surface area contributed by atoms with Crippen molar-refractivity contribution >= 4 is 27.7 Å². The van der Waals surface area contributed by atoms with Gasteiger partial charge in [-0.15, -0.1) is 0 Å². The van der Waals surface area contributed by atoms with Crippen LogP contribution in [-0.4, -0.2) is 27.7 Å². The number of carbonyl (C=O) groups is 1. The second-order valence-electron chi connectivity index (χ2n) is 6.54. The summed E-state index contributed by atoms with van der Waals surface area (Å²) in [6.07, 6.45) is 6.19. The second kappa shape index (κ2) is 5.47. The molecular weight excluding hydrogens is 304 g/mol. The third-order valence-corrected chi connectivity index (χ3v) is 5.05. The monoisotopic (exact) mass is 324 g/mol. The fourth-order valence-electron chi connectivity index (χ4n) is 3.80. The van der Waals surface area contributed by atoms with Crippen LogP contribution in [0.2, 0.25) is 0 Å². The number of aromatic amines is 1. The molecule has 0 bridgehead atoms. The maximum absolute atomic E-state index is 12.4. The van der Waals surface area contributed by atoms with E-state index in [1.54, 1.807) is 13.2 Å². The number of aryl methyl sites for hydroxylation is 1. The first-order chi connectivity index (χ1) is 11.6. The van der Waals surface area contributed by atoms with Crippen LogP contribution in [0.3, 0.4) is 0 Å². The average Bonchev–Trinajstić information content (AvgIpc) is 3.23. The number of amides is 1. The highest BCUT2D eigenvalue weighted by Gasteiger charge is 2.22. The van der Waals surface area contributed by atoms with Gasteiger partial charge < -0.3 is 10.3 Å². The standard InChI is InChI=1S/C18H20N4O2/c1-10-7-15-13(8-12(10)17(23)19-2)16-14(18(24)21-15)9-20-22(16)11-5-3-4-6-11/h7-9,11H,3-6H2,1-2H3,(H,19,23)(H,21,24). The van der Waals surface area contributed by atoms with Gasteiger partial charge in [-0.1, -0.05) is 12.8 Å². The van der Waals surface area contributed by atoms with E-state index in [0.717, 1.165) is 34.8 Å². The van der Waals surface area contributed by atoms with E-state index in [0.29, 0.717) is 17.0 Å². The number of pyridine rings is 1. The second-order valence-corrected chi connectivity index (χ2v) is 6.54. The van der Waals surface area contributed by atoms with Gasteiger partial charge in [-0.3, -0.25) is 14.3 Å². The maximum atomic E-state index is 12.4. The summed E-state index contributed by atoms with van der Waals surface area (Å²) in [4.78, 5) is 27.5. The highest BCUT2D eigenvalue weighted by Crippen LogP contribution is 2.33. The molecule has 0 saturated heterocycles. The van der Waals surface area contributed by atoms with Crippen molar-refractivity contribution in [3.63, 3.8) is 0 Å². The molecule has 6 heteroatoms. The SMILES string of the molecule is CNC(=O)c1cc2c(cc1C)[nH]c(=O)c1cnn(C3CCCC3)c12. The van der Waals surface area contributed by atoms with E-state index in [4.69, 9.17) is 0 Å². The number of hydrogen-bond donors (Lipinski definition) is 2. The molecule has 0 radical (unpaired) electrons. The van der Waals surface area contributed by atoms with E-state index in [1.807, 2.05) is 23.7 Å². The predicted octanol–water partition coefficient (Wildman–Crippen LogP) is 2.66. The zero-order chi connectivity index (χ0) is 16.8. The molecule has 1 aliphatic carbocycles. The molecule has 6 nitrogen and oxygen atoms in total. The minimum Gasteiger partial charge on any atom is -0.355 e. The van der Waals surface area contributed by atoms with Crippen molar-refractivity contribution in [3.05, 3.63) is 39.8 Å². The van der Waals surface area contributed by atoms with E-state index in [1.165, 1.54) is 12.8 Å². The zero-order valence-electron chi connectivity index (χ0n) is 13.8. The summed E-state index contributed by atoms with van der Waals surface area (Å²) in [5, 5.41) is 8.64. The Balaban J connectivity index is 2.08. The Morgan fingerprint density at radius 1 is 1.29 bits per heavy atom. The highest BCUT2D eigenvalue weighted by atomic mass is 16.1. The Labute approximate surface area is 138 Å². The molecule has 2 heterocycles. The van der Waals surface area contributed by atoms with Crippen molar-refractivity contribution < 1.29 is 4.79 Å². The van der Waals surface area contributed by atoms with Gasteiger partial charge in [-0.25, -0.2) is 0 Å². The van der Waals surface area contributed by atoms with Gasteiger partial charge in [0.25, 0.3) is 11.5 Å². The minimum absolute atomic E-state index is 0.124. The quantitative estimate of drug-likeness (QED) is 0.760. The Morgan fingerprint density at radius 2 is 2.04 bits per heavy atom. The molecule has 1 aliphatic rings. The van der Waals surface area contributed by atoms with Crippen LogP contribution in [0, 0.1) is 6.92 Å². The third kappa shape index (κ3) is 2.13. The lowest BCUT2D eigenvalue weighted by atomic mass is 10.0. The lowest BCUT2D eigenvalue weighted by Gasteiger charge is -2.14. The van der Waals surface area contributed by atoms with Crippen LogP contribution < -0.4 is 10.9 Å². The molecular formula is C18H20N4O2. The number of carbonyl (C=O) groups excluding carboxylic acids is 1. The number of hydrogen-bond acceptors (Lipinski definition) is 3. The van der Waals surface area contributed by atoms with Gasteiger partial charge in [0.2, 0.25) is 0 Å². The van der Waals surface area contributed by atoms with Gasteiger partial charge in [0.15, 0.2) is 0 Å². The largest absolute Gasteiger partial charge is 0.355 e. The summed E-state index contributed by atoms with van der Waals surface area (Å²) in [5.41, 5.74) is 2.92. The van der Waals surface area contributed by atoms with Gasteiger partial charge in [0, 0.05) is 18.0 Å². The first-order valence-electron chi connectivity index (χ1n) is 8.36. The molecule has 1 amide bonds. The van der Waals surface area contributed by atoms with Gasteiger partial charge in [0.05, 0.1) is 28.7 Å². The molecule has 3 aromatic rings. The lowest BCUT2D eigenvalue weighted by Crippen LogP contribution is -2.19. The highest BCUT2D eigenvalue weighted by molar-refractivity contribution is 6.07. The molecule has 2 N–H and O–H groups in total. The maximum Gasteiger partial charge on any atom is 0.259 e. The number of nitrogens with one attached hydrogen (secondary N) is 2. The minimum atomic E-state index is -0.131. The van der Waals surface area contributed by atoms with Crippen LogP contribution in [0.4, 0.5) is 0 Å². The summed E-state index contributed by atoms with van der Waals surface area (Å²) in [7, 11) is 1.62. The number of aromatic nitrogens is 3. The fraction of sp³-hybridized carbons (Fsp3) is 0.389. The van der Waals surface area contributed by atoms with Crippen LogP contribution in [0.15, 0.2) is 23.1 Å². The molecule has 24 heavy (non-hydrogen) atoms. The first kappa shape index (κ1) is 14.9. The molecule has 2 aromatic heterocycles. The molecule has 0 aliphatic heterocycles. The topological polar surface area (TPSA) is 79.8 Å². The number of benzene rings is 1. The van der Waals surface area contributed by atoms with Gasteiger partial charge in [-0.2, -0.15) is 5.10 Å². The normalized spacial score (nSPS) is 15.4. The number of nitrogens with zero attached hydrogens (tertiary/aromatic N) is 2. The van der Waals surface area contributed by atoms with Crippen LogP contribution in [0.25, 0.3) is 21.8 Å². The van der Waals surface area contributed by atoms with Gasteiger partial charge in [-0.05, 0) is 37.5 Å². The Bertz CT molecular complexity index is 1010. The van der Waals surface area contributed by atoms with E-state index in [-0.39, 0.29) is 11.5 Å². The smallest absolute Gasteiger partial charge is 0.259 e. The summed E-state index contributed by atoms with van der Waals surface area (Å²) >= 11 is 0. The van der Waals surface area contributed by atoms with E-state index >= 15 is 0 Å². The molecule has 1 fully saturated rings. The van der Waals surface area contributed by atoms with Gasteiger partial charge >= 0.3 is 0 Å². The summed E-state index contributed by atoms with van der Waals surface area (Å²) < 4.78 is 1.99. The van der Waals surface area contributed by atoms with Gasteiger partial charge in [0.1, 0.15) is 0 Å². The molecule has 124 valence electrons. The molecule has 0 spiro atoms. The van der Waals surface area contributed by atoms with Crippen molar-refractivity contribution in [3.8, 4) is 0 Å². The predicted molar refractivity (Wildman–Crippen MR) is 93.5 cm³/mol. The van der Waals surface area contributed by atoms with Crippen molar-refractivity contribution in [2.45, 2.75) is 38.6 Å². The molecule has 0 atom stereocenters. The number of rotatable bonds is 2. The molecule has 0 unspecified atom stereocenters. The average molecular weight is 324 g/mol. The third-order valence-electron chi connectivity index (χ3n) is 5.05. The summed E-state index contributed by atoms with van der Waals surface area (Å²) in [5.74, 6) is -0.124. The fourth-order valence-corrected chi connectivity index (χ4v) is 3.80. The van der Waals surface area contributed by atoms with Crippen LogP contribution in [0.5, 0.6) is 0 Å². The zero-order valence-corrected chi connectivity index (χ0v) is 13.8.